The molecule has 0 amide bonds. The molecule has 1 aliphatic rings. The molecule has 1 unspecified atom stereocenters. The number of carbonyl (C=O) groups excluding carboxylic acids is 1. The van der Waals surface area contributed by atoms with Gasteiger partial charge in [0.2, 0.25) is 0 Å². The fourth-order valence-electron chi connectivity index (χ4n) is 2.28. The number of aliphatic carboxylic acids is 1. The second-order valence-corrected chi connectivity index (χ2v) is 5.14. The van der Waals surface area contributed by atoms with Crippen molar-refractivity contribution in [1.82, 2.24) is 0 Å². The van der Waals surface area contributed by atoms with E-state index in [4.69, 9.17) is 0 Å². The number of ketones is 1. The van der Waals surface area contributed by atoms with Crippen LogP contribution in [0.5, 0.6) is 0 Å². The predicted molar refractivity (Wildman–Crippen MR) is 69.0 cm³/mol. The van der Waals surface area contributed by atoms with E-state index in [-0.39, 0.29) is 5.78 Å². The second kappa shape index (κ2) is 4.44. The topological polar surface area (TPSA) is 57.6 Å². The molecule has 4 nitrogen and oxygen atoms in total. The van der Waals surface area contributed by atoms with Gasteiger partial charge in [-0.1, -0.05) is 12.1 Å². The van der Waals surface area contributed by atoms with Gasteiger partial charge in [-0.3, -0.25) is 9.59 Å². The van der Waals surface area contributed by atoms with Crippen molar-refractivity contribution >= 4 is 17.4 Å². The maximum Gasteiger partial charge on any atom is 0.311 e. The summed E-state index contributed by atoms with van der Waals surface area (Å²) in [6.07, 6.45) is 0.632. The molecule has 0 bridgehead atoms. The number of carboxylic acids is 1. The lowest BCUT2D eigenvalue weighted by atomic mass is 9.90. The van der Waals surface area contributed by atoms with Crippen molar-refractivity contribution < 1.29 is 14.7 Å². The van der Waals surface area contributed by atoms with Crippen LogP contribution in [0, 0.1) is 5.41 Å². The van der Waals surface area contributed by atoms with Crippen molar-refractivity contribution in [3.8, 4) is 0 Å². The van der Waals surface area contributed by atoms with E-state index in [0.717, 1.165) is 5.69 Å². The zero-order valence-electron chi connectivity index (χ0n) is 10.6. The van der Waals surface area contributed by atoms with Gasteiger partial charge in [-0.25, -0.2) is 0 Å². The maximum absolute atomic E-state index is 11.3. The molecule has 1 atom stereocenters. The molecule has 1 fully saturated rings. The fourth-order valence-corrected chi connectivity index (χ4v) is 2.28. The number of carbonyl (C=O) groups is 2. The quantitative estimate of drug-likeness (QED) is 0.832. The molecule has 1 aliphatic heterocycles. The van der Waals surface area contributed by atoms with E-state index in [2.05, 4.69) is 0 Å². The number of hydrogen-bond donors (Lipinski definition) is 1. The molecule has 0 saturated carbocycles. The highest BCUT2D eigenvalue weighted by Crippen LogP contribution is 2.33. The molecule has 18 heavy (non-hydrogen) atoms. The zero-order chi connectivity index (χ0) is 13.3. The number of hydrogen-bond acceptors (Lipinski definition) is 3. The third-order valence-corrected chi connectivity index (χ3v) is 3.61. The highest BCUT2D eigenvalue weighted by molar-refractivity contribution is 5.95. The lowest BCUT2D eigenvalue weighted by Crippen LogP contribution is -2.31. The van der Waals surface area contributed by atoms with Crippen LogP contribution in [0.3, 0.4) is 0 Å². The van der Waals surface area contributed by atoms with E-state index in [0.29, 0.717) is 25.1 Å². The average molecular weight is 247 g/mol. The molecular weight excluding hydrogens is 230 g/mol. The van der Waals surface area contributed by atoms with E-state index in [1.807, 2.05) is 23.1 Å². The maximum atomic E-state index is 11.3. The van der Waals surface area contributed by atoms with Crippen LogP contribution in [0.2, 0.25) is 0 Å². The highest BCUT2D eigenvalue weighted by Gasteiger charge is 2.40. The summed E-state index contributed by atoms with van der Waals surface area (Å²) >= 11 is 0. The summed E-state index contributed by atoms with van der Waals surface area (Å²) in [5, 5.41) is 9.20. The lowest BCUT2D eigenvalue weighted by Gasteiger charge is -2.22. The number of anilines is 1. The summed E-state index contributed by atoms with van der Waals surface area (Å²) in [4.78, 5) is 24.6. The fraction of sp³-hybridized carbons (Fsp3) is 0.429. The molecule has 1 aromatic carbocycles. The third kappa shape index (κ3) is 2.23. The van der Waals surface area contributed by atoms with Gasteiger partial charge in [0.05, 0.1) is 5.41 Å². The van der Waals surface area contributed by atoms with E-state index >= 15 is 0 Å². The zero-order valence-corrected chi connectivity index (χ0v) is 10.6. The molecule has 96 valence electrons. The van der Waals surface area contributed by atoms with Crippen LogP contribution in [-0.4, -0.2) is 29.9 Å². The van der Waals surface area contributed by atoms with Gasteiger partial charge in [0.15, 0.2) is 5.78 Å². The van der Waals surface area contributed by atoms with Crippen LogP contribution in [0.4, 0.5) is 5.69 Å². The van der Waals surface area contributed by atoms with Crippen LogP contribution >= 0.6 is 0 Å². The van der Waals surface area contributed by atoms with Gasteiger partial charge in [-0.2, -0.15) is 0 Å². The lowest BCUT2D eigenvalue weighted by molar-refractivity contribution is -0.146. The minimum Gasteiger partial charge on any atom is -0.481 e. The Kier molecular flexibility index (Phi) is 3.11. The largest absolute Gasteiger partial charge is 0.481 e. The second-order valence-electron chi connectivity index (χ2n) is 5.14. The van der Waals surface area contributed by atoms with Gasteiger partial charge in [0.1, 0.15) is 0 Å². The molecular formula is C14H17NO3. The predicted octanol–water partition coefficient (Wildman–Crippen LogP) is 2.19. The summed E-state index contributed by atoms with van der Waals surface area (Å²) < 4.78 is 0. The molecule has 4 heteroatoms. The Labute approximate surface area is 106 Å². The molecule has 2 rings (SSSR count). The smallest absolute Gasteiger partial charge is 0.311 e. The monoisotopic (exact) mass is 247 g/mol. The first-order chi connectivity index (χ1) is 8.42. The number of Topliss-reactive ketones (excluding diaryl/α,β-unsaturated/α-hetero) is 1. The summed E-state index contributed by atoms with van der Waals surface area (Å²) in [5.41, 5.74) is 0.899. The number of nitrogens with zero attached hydrogens (tertiary/aromatic N) is 1. The van der Waals surface area contributed by atoms with Gasteiger partial charge in [-0.15, -0.1) is 0 Å². The molecule has 1 heterocycles. The molecule has 0 spiro atoms. The average Bonchev–Trinajstić information content (AvgIpc) is 2.73. The van der Waals surface area contributed by atoms with Crippen molar-refractivity contribution in [2.24, 2.45) is 5.41 Å². The van der Waals surface area contributed by atoms with Crippen molar-refractivity contribution in [2.45, 2.75) is 20.3 Å². The summed E-state index contributed by atoms with van der Waals surface area (Å²) in [5.74, 6) is -0.732. The Morgan fingerprint density at radius 1 is 1.39 bits per heavy atom. The number of rotatable bonds is 3. The summed E-state index contributed by atoms with van der Waals surface area (Å²) in [6, 6.07) is 7.36. The Hall–Kier alpha value is -1.84. The Bertz CT molecular complexity index is 498. The van der Waals surface area contributed by atoms with Gasteiger partial charge in [0, 0.05) is 24.3 Å². The first-order valence-corrected chi connectivity index (χ1v) is 6.02. The summed E-state index contributed by atoms with van der Waals surface area (Å²) in [7, 11) is 0. The van der Waals surface area contributed by atoms with Crippen LogP contribution in [0.15, 0.2) is 24.3 Å². The van der Waals surface area contributed by atoms with Gasteiger partial charge in [-0.05, 0) is 32.4 Å². The van der Waals surface area contributed by atoms with Crippen LogP contribution < -0.4 is 4.90 Å². The van der Waals surface area contributed by atoms with E-state index in [9.17, 15) is 14.7 Å². The highest BCUT2D eigenvalue weighted by atomic mass is 16.4. The first-order valence-electron chi connectivity index (χ1n) is 6.02. The molecule has 0 radical (unpaired) electrons. The molecule has 1 saturated heterocycles. The first kappa shape index (κ1) is 12.6. The third-order valence-electron chi connectivity index (χ3n) is 3.61. The standard InChI is InChI=1S/C14H17NO3/c1-10(16)11-4-3-5-12(8-11)15-7-6-14(2,9-15)13(17)18/h3-5,8H,6-7,9H2,1-2H3,(H,17,18). The molecule has 0 aliphatic carbocycles. The van der Waals surface area contributed by atoms with Gasteiger partial charge in [0.25, 0.3) is 0 Å². The van der Waals surface area contributed by atoms with Gasteiger partial charge < -0.3 is 10.0 Å². The Morgan fingerprint density at radius 2 is 2.11 bits per heavy atom. The number of carboxylic acid groups (broad SMARTS) is 1. The molecule has 1 N–H and O–H groups in total. The van der Waals surface area contributed by atoms with Crippen molar-refractivity contribution in [2.75, 3.05) is 18.0 Å². The van der Waals surface area contributed by atoms with E-state index in [1.165, 1.54) is 6.92 Å². The Morgan fingerprint density at radius 3 is 2.67 bits per heavy atom. The Balaban J connectivity index is 2.22. The van der Waals surface area contributed by atoms with Crippen molar-refractivity contribution in [1.29, 1.82) is 0 Å². The molecule has 0 aromatic heterocycles. The van der Waals surface area contributed by atoms with Crippen LogP contribution in [0.1, 0.15) is 30.6 Å². The minimum atomic E-state index is -0.757. The number of benzene rings is 1. The van der Waals surface area contributed by atoms with Crippen molar-refractivity contribution in [3.63, 3.8) is 0 Å². The van der Waals surface area contributed by atoms with Crippen LogP contribution in [-0.2, 0) is 4.79 Å². The normalized spacial score (nSPS) is 23.1. The molecule has 1 aromatic rings. The minimum absolute atomic E-state index is 0.0250. The van der Waals surface area contributed by atoms with Gasteiger partial charge >= 0.3 is 5.97 Å². The SMILES string of the molecule is CC(=O)c1cccc(N2CCC(C)(C(=O)O)C2)c1. The van der Waals surface area contributed by atoms with Crippen LogP contribution in [0.25, 0.3) is 0 Å². The van der Waals surface area contributed by atoms with E-state index < -0.39 is 11.4 Å². The summed E-state index contributed by atoms with van der Waals surface area (Å²) in [6.45, 7) is 4.50. The van der Waals surface area contributed by atoms with Crippen molar-refractivity contribution in [3.05, 3.63) is 29.8 Å². The van der Waals surface area contributed by atoms with E-state index in [1.54, 1.807) is 13.0 Å².